The molecule has 0 spiro atoms. The monoisotopic (exact) mass is 1060 g/mol. The van der Waals surface area contributed by atoms with Crippen molar-refractivity contribution in [1.82, 2.24) is 0 Å². The van der Waals surface area contributed by atoms with Crippen molar-refractivity contribution >= 4 is 0 Å². The van der Waals surface area contributed by atoms with Gasteiger partial charge in [0.25, 0.3) is 0 Å². The lowest BCUT2D eigenvalue weighted by Crippen LogP contribution is -2.67. The van der Waals surface area contributed by atoms with Crippen molar-refractivity contribution in [3.05, 3.63) is 0 Å². The largest absolute Gasteiger partial charge is 0.394 e. The van der Waals surface area contributed by atoms with Crippen LogP contribution in [0.15, 0.2) is 0 Å². The highest BCUT2D eigenvalue weighted by Gasteiger charge is 2.56. The highest BCUT2D eigenvalue weighted by atomic mass is 16.8. The van der Waals surface area contributed by atoms with E-state index < -0.39 is 243 Å². The quantitative estimate of drug-likeness (QED) is 0.0643. The summed E-state index contributed by atoms with van der Waals surface area (Å²) < 4.78 is 72.6. The molecule has 0 unspecified atom stereocenters. The van der Waals surface area contributed by atoms with E-state index in [4.69, 9.17) is 61.6 Å². The van der Waals surface area contributed by atoms with Crippen molar-refractivity contribution in [2.24, 2.45) is 0 Å². The van der Waals surface area contributed by atoms with Crippen LogP contribution in [0.2, 0.25) is 0 Å². The molecule has 33 heteroatoms. The second-order valence-corrected chi connectivity index (χ2v) is 18.3. The molecule has 7 rings (SSSR count). The lowest BCUT2D eigenvalue weighted by atomic mass is 9.95. The highest BCUT2D eigenvalue weighted by molar-refractivity contribution is 4.99. The maximum atomic E-state index is 11.5. The summed E-state index contributed by atoms with van der Waals surface area (Å²) in [5, 5.41) is 211. The van der Waals surface area contributed by atoms with Crippen LogP contribution >= 0.6 is 0 Å². The maximum absolute atomic E-state index is 11.5. The zero-order valence-corrected chi connectivity index (χ0v) is 37.7. The van der Waals surface area contributed by atoms with Crippen molar-refractivity contribution in [2.75, 3.05) is 46.2 Å². The molecule has 420 valence electrons. The summed E-state index contributed by atoms with van der Waals surface area (Å²) in [6.45, 7) is -5.36. The normalized spacial score (nSPS) is 53.7. The molecule has 7 fully saturated rings. The number of aliphatic hydroxyl groups excluding tert-OH is 20. The van der Waals surface area contributed by atoms with Gasteiger partial charge in [0.05, 0.1) is 46.2 Å². The molecule has 7 saturated heterocycles. The van der Waals surface area contributed by atoms with Gasteiger partial charge in [-0.25, -0.2) is 0 Å². The number of hydrogen-bond acceptors (Lipinski definition) is 33. The SMILES string of the molecule is OC[C@@H]1O[C@@H](O[C@H]2[C@@H](OC[C@H]3O[C@@H](O)[C@H](O)[C@@H](O)[C@@H]3O[C@@H]3O[C@H](CO)[C@@H](O[C@@H]4O[C@H](CO[C@@H]5OC[C@@H](O)[C@H](O)[C@H]5O)[C@@H](O[C@@H]5O[C@H](CO)[C@@H](O)[C@H](O)[C@H]5O)[C@H](O)[C@H]4O)[C@H](O)[C@H]3O)OC[C@@H](O)[C@@H]2O)[C@H](O)[C@H]1O. The van der Waals surface area contributed by atoms with Crippen LogP contribution in [0.4, 0.5) is 0 Å². The molecule has 33 nitrogen and oxygen atoms in total. The van der Waals surface area contributed by atoms with Crippen LogP contribution in [-0.2, 0) is 61.6 Å². The van der Waals surface area contributed by atoms with Gasteiger partial charge in [-0.05, 0) is 0 Å². The van der Waals surface area contributed by atoms with Crippen molar-refractivity contribution in [3.63, 3.8) is 0 Å². The Labute approximate surface area is 406 Å². The van der Waals surface area contributed by atoms with Gasteiger partial charge in [0.2, 0.25) is 0 Å². The van der Waals surface area contributed by atoms with Gasteiger partial charge in [-0.1, -0.05) is 0 Å². The van der Waals surface area contributed by atoms with Gasteiger partial charge in [-0.3, -0.25) is 0 Å². The first-order chi connectivity index (χ1) is 34.1. The predicted molar refractivity (Wildman–Crippen MR) is 214 cm³/mol. The predicted octanol–water partition coefficient (Wildman–Crippen LogP) is -14.4. The Morgan fingerprint density at radius 2 is 0.639 bits per heavy atom. The Balaban J connectivity index is 1.04. The fraction of sp³-hybridized carbons (Fsp3) is 1.00. The third-order valence-electron chi connectivity index (χ3n) is 13.4. The summed E-state index contributed by atoms with van der Waals surface area (Å²) in [5.41, 5.74) is 0. The minimum absolute atomic E-state index is 0.517. The molecular weight excluding hydrogens is 996 g/mol. The first-order valence-electron chi connectivity index (χ1n) is 22.9. The summed E-state index contributed by atoms with van der Waals surface area (Å²) in [5.74, 6) is 0. The molecule has 0 saturated carbocycles. The molecule has 7 aliphatic heterocycles. The van der Waals surface area contributed by atoms with Crippen LogP contribution in [0.1, 0.15) is 0 Å². The summed E-state index contributed by atoms with van der Waals surface area (Å²) in [6, 6.07) is 0. The van der Waals surface area contributed by atoms with E-state index in [1.165, 1.54) is 0 Å². The Bertz CT molecular complexity index is 1660. The van der Waals surface area contributed by atoms with Gasteiger partial charge in [0.15, 0.2) is 44.0 Å². The van der Waals surface area contributed by atoms with Gasteiger partial charge in [0.1, 0.15) is 153 Å². The van der Waals surface area contributed by atoms with Gasteiger partial charge < -0.3 is 164 Å². The second-order valence-electron chi connectivity index (χ2n) is 18.3. The van der Waals surface area contributed by atoms with Crippen LogP contribution in [-0.4, -0.2) is 345 Å². The van der Waals surface area contributed by atoms with E-state index >= 15 is 0 Å². The summed E-state index contributed by atoms with van der Waals surface area (Å²) in [6.07, 6.45) is -59.2. The second kappa shape index (κ2) is 25.0. The number of rotatable bonds is 17. The van der Waals surface area contributed by atoms with Crippen molar-refractivity contribution in [3.8, 4) is 0 Å². The average molecular weight is 1060 g/mol. The first-order valence-corrected chi connectivity index (χ1v) is 22.9. The lowest BCUT2D eigenvalue weighted by molar-refractivity contribution is -0.391. The standard InChI is InChI=1S/C39H66O33/c40-1-10-17(47)19(49)26(56)36(65-10)71-31-14(7-62-34-24(54)15(45)8(43)4-60-34)68-38(28(58)22(31)52)69-29-12(3-42)67-37(27(57)21(29)51)70-30-13(64-33(59)23(53)20(30)50)6-63-39-32(16(46)9(44)5-61-39)72-35-25(55)18(48)11(2-41)66-35/h8-59H,1-7H2/t8-,9-,10-,11+,12-,13-,14-,15+,16+,17-,18+,19+,20-,21-,22-,23-,24-,25-,26-,27-,28-,29-,30-,31-,32-,33-,34+,35+,36+,37+,38+,39-/m1/s1. The molecule has 0 amide bonds. The molecule has 72 heavy (non-hydrogen) atoms. The summed E-state index contributed by atoms with van der Waals surface area (Å²) in [4.78, 5) is 0. The Hall–Kier alpha value is -1.32. The zero-order chi connectivity index (χ0) is 52.6. The van der Waals surface area contributed by atoms with Crippen molar-refractivity contribution in [1.29, 1.82) is 0 Å². The average Bonchev–Trinajstić information content (AvgIpc) is 3.64. The minimum atomic E-state index is -2.23. The van der Waals surface area contributed by atoms with Crippen LogP contribution < -0.4 is 0 Å². The van der Waals surface area contributed by atoms with E-state index in [0.717, 1.165) is 0 Å². The minimum Gasteiger partial charge on any atom is -0.394 e. The zero-order valence-electron chi connectivity index (χ0n) is 37.7. The Morgan fingerprint density at radius 3 is 1.15 bits per heavy atom. The molecule has 32 atom stereocenters. The topological polar surface area (TPSA) is 525 Å². The molecule has 7 heterocycles. The molecule has 0 aliphatic carbocycles. The molecule has 0 radical (unpaired) electrons. The molecule has 0 aromatic carbocycles. The number of hydrogen-bond donors (Lipinski definition) is 20. The third kappa shape index (κ3) is 12.2. The first kappa shape index (κ1) is 58.4. The Kier molecular flexibility index (Phi) is 20.3. The van der Waals surface area contributed by atoms with Crippen LogP contribution in [0.25, 0.3) is 0 Å². The van der Waals surface area contributed by atoms with E-state index in [2.05, 4.69) is 0 Å². The fourth-order valence-corrected chi connectivity index (χ4v) is 9.01. The summed E-state index contributed by atoms with van der Waals surface area (Å²) in [7, 11) is 0. The van der Waals surface area contributed by atoms with Gasteiger partial charge in [0, 0.05) is 0 Å². The maximum Gasteiger partial charge on any atom is 0.187 e. The highest BCUT2D eigenvalue weighted by Crippen LogP contribution is 2.36. The molecule has 0 aromatic rings. The Morgan fingerprint density at radius 1 is 0.292 bits per heavy atom. The van der Waals surface area contributed by atoms with Gasteiger partial charge >= 0.3 is 0 Å². The van der Waals surface area contributed by atoms with Gasteiger partial charge in [-0.2, -0.15) is 0 Å². The van der Waals surface area contributed by atoms with Crippen LogP contribution in [0.5, 0.6) is 0 Å². The fourth-order valence-electron chi connectivity index (χ4n) is 9.01. The van der Waals surface area contributed by atoms with Crippen molar-refractivity contribution < 1.29 is 164 Å². The molecule has 0 bridgehead atoms. The smallest absolute Gasteiger partial charge is 0.187 e. The van der Waals surface area contributed by atoms with E-state index in [1.807, 2.05) is 0 Å². The van der Waals surface area contributed by atoms with Crippen LogP contribution in [0.3, 0.4) is 0 Å². The number of aliphatic hydroxyl groups is 20. The van der Waals surface area contributed by atoms with Crippen LogP contribution in [0, 0.1) is 0 Å². The molecule has 0 aromatic heterocycles. The summed E-state index contributed by atoms with van der Waals surface area (Å²) >= 11 is 0. The van der Waals surface area contributed by atoms with E-state index in [0.29, 0.717) is 0 Å². The molecule has 7 aliphatic rings. The number of ether oxygens (including phenoxy) is 13. The van der Waals surface area contributed by atoms with E-state index in [9.17, 15) is 102 Å². The van der Waals surface area contributed by atoms with E-state index in [-0.39, 0.29) is 0 Å². The van der Waals surface area contributed by atoms with Crippen molar-refractivity contribution in [2.45, 2.75) is 197 Å². The van der Waals surface area contributed by atoms with Gasteiger partial charge in [-0.15, -0.1) is 0 Å². The van der Waals surface area contributed by atoms with E-state index in [1.54, 1.807) is 0 Å². The third-order valence-corrected chi connectivity index (χ3v) is 13.4. The molecule has 20 N–H and O–H groups in total. The lowest BCUT2D eigenvalue weighted by Gasteiger charge is -2.49. The molecular formula is C39H66O33.